The number of hydrogen-bond donors (Lipinski definition) is 0. The second-order valence-electron chi connectivity index (χ2n) is 8.95. The van der Waals surface area contributed by atoms with Crippen LogP contribution in [-0.2, 0) is 9.47 Å². The van der Waals surface area contributed by atoms with Gasteiger partial charge in [0.2, 0.25) is 0 Å². The minimum atomic E-state index is -2.24. The number of benzene rings is 3. The molecule has 0 bridgehead atoms. The molecule has 0 aromatic heterocycles. The van der Waals surface area contributed by atoms with Crippen LogP contribution in [0.3, 0.4) is 0 Å². The molecule has 0 aliphatic carbocycles. The highest BCUT2D eigenvalue weighted by Crippen LogP contribution is 2.51. The minimum Gasteiger partial charge on any atom is -0.497 e. The molecule has 0 fully saturated rings. The van der Waals surface area contributed by atoms with E-state index in [4.69, 9.17) is 28.4 Å². The van der Waals surface area contributed by atoms with Gasteiger partial charge >= 0.3 is 0 Å². The zero-order chi connectivity index (χ0) is 26.3. The maximum atomic E-state index is 6.22. The van der Waals surface area contributed by atoms with E-state index in [2.05, 4.69) is 55.6 Å². The molecule has 0 spiro atoms. The van der Waals surface area contributed by atoms with Crippen LogP contribution in [0.2, 0.25) is 13.1 Å². The third-order valence-electron chi connectivity index (χ3n) is 6.09. The van der Waals surface area contributed by atoms with Gasteiger partial charge in [-0.25, -0.2) is 0 Å². The molecule has 194 valence electrons. The average molecular weight is 529 g/mol. The number of ether oxygens (including phenoxy) is 6. The van der Waals surface area contributed by atoms with E-state index in [1.54, 1.807) is 28.4 Å². The maximum Gasteiger partial charge on any atom is 0.188 e. The third-order valence-corrected chi connectivity index (χ3v) is 16.2. The van der Waals surface area contributed by atoms with Gasteiger partial charge in [-0.3, -0.25) is 0 Å². The van der Waals surface area contributed by atoms with Crippen molar-refractivity contribution in [3.63, 3.8) is 0 Å². The molecule has 0 radical (unpaired) electrons. The van der Waals surface area contributed by atoms with Crippen LogP contribution in [0.15, 0.2) is 54.6 Å². The summed E-state index contributed by atoms with van der Waals surface area (Å²) < 4.78 is 34.5. The molecular formula is C28H37O6PSi. The lowest BCUT2D eigenvalue weighted by atomic mass is 10.2. The van der Waals surface area contributed by atoms with Gasteiger partial charge < -0.3 is 28.4 Å². The molecule has 0 saturated carbocycles. The first-order valence-electron chi connectivity index (χ1n) is 11.7. The first-order chi connectivity index (χ1) is 17.3. The third kappa shape index (κ3) is 6.04. The van der Waals surface area contributed by atoms with Crippen LogP contribution >= 0.6 is 7.47 Å². The highest BCUT2D eigenvalue weighted by atomic mass is 31.4. The first-order valence-corrected chi connectivity index (χ1v) is 16.9. The Labute approximate surface area is 217 Å². The van der Waals surface area contributed by atoms with Crippen molar-refractivity contribution in [2.75, 3.05) is 42.0 Å². The van der Waals surface area contributed by atoms with Crippen molar-refractivity contribution < 1.29 is 28.4 Å². The predicted octanol–water partition coefficient (Wildman–Crippen LogP) is 4.83. The normalized spacial score (nSPS) is 11.5. The molecule has 0 atom stereocenters. The molecule has 8 heteroatoms. The maximum absolute atomic E-state index is 6.22. The summed E-state index contributed by atoms with van der Waals surface area (Å²) in [6.45, 7) is 9.19. The molecule has 0 aliphatic heterocycles. The van der Waals surface area contributed by atoms with E-state index in [1.165, 1.54) is 5.19 Å². The average Bonchev–Trinajstić information content (AvgIpc) is 2.87. The Balaban J connectivity index is 2.42. The zero-order valence-corrected chi connectivity index (χ0v) is 24.4. The zero-order valence-electron chi connectivity index (χ0n) is 22.5. The van der Waals surface area contributed by atoms with Gasteiger partial charge in [0, 0.05) is 24.8 Å². The fourth-order valence-electron chi connectivity index (χ4n) is 4.33. The lowest BCUT2D eigenvalue weighted by molar-refractivity contribution is 0.0513. The van der Waals surface area contributed by atoms with E-state index in [-0.39, 0.29) is 13.6 Å². The second-order valence-corrected chi connectivity index (χ2v) is 19.0. The Morgan fingerprint density at radius 3 is 1.50 bits per heavy atom. The summed E-state index contributed by atoms with van der Waals surface area (Å²) in [4.78, 5) is 0. The molecule has 0 N–H and O–H groups in total. The van der Waals surface area contributed by atoms with Gasteiger partial charge in [0.05, 0.1) is 14.2 Å². The van der Waals surface area contributed by atoms with E-state index in [0.29, 0.717) is 0 Å². The number of aryl methyl sites for hydroxylation is 2. The van der Waals surface area contributed by atoms with Gasteiger partial charge in [-0.15, -0.1) is 0 Å². The molecule has 0 amide bonds. The van der Waals surface area contributed by atoms with Gasteiger partial charge in [0.15, 0.2) is 13.6 Å². The van der Waals surface area contributed by atoms with Crippen LogP contribution in [0, 0.1) is 13.8 Å². The summed E-state index contributed by atoms with van der Waals surface area (Å²) in [6.07, 6.45) is 0. The van der Waals surface area contributed by atoms with Crippen molar-refractivity contribution in [2.24, 2.45) is 0 Å². The molecule has 0 unspecified atom stereocenters. The van der Waals surface area contributed by atoms with Gasteiger partial charge in [-0.1, -0.05) is 48.6 Å². The fraction of sp³-hybridized carbons (Fsp3) is 0.357. The highest BCUT2D eigenvalue weighted by Gasteiger charge is 2.40. The van der Waals surface area contributed by atoms with Crippen molar-refractivity contribution in [2.45, 2.75) is 26.9 Å². The standard InChI is InChI=1S/C28H37O6PSi/c1-20-14-22(31-5)16-25(27(20)33-18-29-3)35(36(7,8)24-12-10-9-11-13-24)26-17-23(32-6)15-21(2)28(26)34-19-30-4/h9-17H,18-19H2,1-8H3. The minimum absolute atomic E-state index is 0.154. The molecule has 3 aromatic carbocycles. The van der Waals surface area contributed by atoms with E-state index in [1.807, 2.05) is 26.0 Å². The number of methoxy groups -OCH3 is 4. The summed E-state index contributed by atoms with van der Waals surface area (Å²) in [5.41, 5.74) is 1.98. The van der Waals surface area contributed by atoms with Crippen molar-refractivity contribution >= 4 is 31.0 Å². The molecular weight excluding hydrogens is 491 g/mol. The molecule has 36 heavy (non-hydrogen) atoms. The van der Waals surface area contributed by atoms with Gasteiger partial charge in [0.25, 0.3) is 0 Å². The largest absolute Gasteiger partial charge is 0.497 e. The predicted molar refractivity (Wildman–Crippen MR) is 150 cm³/mol. The van der Waals surface area contributed by atoms with Crippen LogP contribution in [0.5, 0.6) is 23.0 Å². The molecule has 0 heterocycles. The second kappa shape index (κ2) is 12.6. The smallest absolute Gasteiger partial charge is 0.188 e. The number of rotatable bonds is 12. The lowest BCUT2D eigenvalue weighted by Crippen LogP contribution is -2.45. The number of hydrogen-bond acceptors (Lipinski definition) is 6. The van der Waals surface area contributed by atoms with Gasteiger partial charge in [-0.05, 0) is 56.7 Å². The van der Waals surface area contributed by atoms with Gasteiger partial charge in [-0.2, -0.15) is 0 Å². The molecule has 0 saturated heterocycles. The van der Waals surface area contributed by atoms with Crippen molar-refractivity contribution in [1.82, 2.24) is 0 Å². The van der Waals surface area contributed by atoms with Crippen LogP contribution in [0.1, 0.15) is 11.1 Å². The van der Waals surface area contributed by atoms with Crippen LogP contribution in [0.25, 0.3) is 0 Å². The Bertz CT molecular complexity index is 1090. The monoisotopic (exact) mass is 528 g/mol. The van der Waals surface area contributed by atoms with E-state index >= 15 is 0 Å². The Kier molecular flexibility index (Phi) is 9.80. The molecule has 6 nitrogen and oxygen atoms in total. The van der Waals surface area contributed by atoms with E-state index in [0.717, 1.165) is 44.7 Å². The summed E-state index contributed by atoms with van der Waals surface area (Å²) >= 11 is 0. The quantitative estimate of drug-likeness (QED) is 0.191. The van der Waals surface area contributed by atoms with E-state index < -0.39 is 15.2 Å². The lowest BCUT2D eigenvalue weighted by Gasteiger charge is -2.37. The van der Waals surface area contributed by atoms with Gasteiger partial charge in [0.1, 0.15) is 30.7 Å². The molecule has 0 aliphatic rings. The van der Waals surface area contributed by atoms with Crippen LogP contribution < -0.4 is 34.7 Å². The summed E-state index contributed by atoms with van der Waals surface area (Å²) in [5, 5.41) is 3.52. The molecule has 3 rings (SSSR count). The Morgan fingerprint density at radius 1 is 0.667 bits per heavy atom. The fourth-order valence-corrected chi connectivity index (χ4v) is 14.3. The van der Waals surface area contributed by atoms with Crippen LogP contribution in [0.4, 0.5) is 0 Å². The topological polar surface area (TPSA) is 55.4 Å². The van der Waals surface area contributed by atoms with Crippen molar-refractivity contribution in [3.05, 3.63) is 65.7 Å². The first kappa shape index (κ1) is 28.0. The highest BCUT2D eigenvalue weighted by molar-refractivity contribution is 8.06. The Morgan fingerprint density at radius 2 is 1.11 bits per heavy atom. The Hall–Kier alpha value is -2.57. The van der Waals surface area contributed by atoms with Crippen LogP contribution in [-0.4, -0.2) is 49.8 Å². The summed E-state index contributed by atoms with van der Waals surface area (Å²) in [6, 6.07) is 18.9. The van der Waals surface area contributed by atoms with E-state index in [9.17, 15) is 0 Å². The SMILES string of the molecule is COCOc1c(C)cc(OC)cc1P(c1cc(OC)cc(C)c1OCOC)[Si](C)(C)c1ccccc1. The summed E-state index contributed by atoms with van der Waals surface area (Å²) in [5.74, 6) is 3.21. The molecule has 3 aromatic rings. The van der Waals surface area contributed by atoms with Crippen molar-refractivity contribution in [3.8, 4) is 23.0 Å². The summed E-state index contributed by atoms with van der Waals surface area (Å²) in [7, 11) is 3.41. The van der Waals surface area contributed by atoms with Crippen molar-refractivity contribution in [1.29, 1.82) is 0 Å².